The Morgan fingerprint density at radius 1 is 1.13 bits per heavy atom. The van der Waals surface area contributed by atoms with Gasteiger partial charge in [-0.2, -0.15) is 0 Å². The summed E-state index contributed by atoms with van der Waals surface area (Å²) in [5, 5.41) is 2.64. The van der Waals surface area contributed by atoms with Gasteiger partial charge in [0.2, 0.25) is 0 Å². The second-order valence-electron chi connectivity index (χ2n) is 7.77. The van der Waals surface area contributed by atoms with Crippen LogP contribution in [0.4, 0.5) is 0 Å². The van der Waals surface area contributed by atoms with Crippen LogP contribution < -0.4 is 0 Å². The minimum absolute atomic E-state index is 0.117. The summed E-state index contributed by atoms with van der Waals surface area (Å²) >= 11 is 0. The predicted octanol–water partition coefficient (Wildman–Crippen LogP) is 4.90. The van der Waals surface area contributed by atoms with Crippen molar-refractivity contribution in [1.29, 1.82) is 0 Å². The van der Waals surface area contributed by atoms with Gasteiger partial charge in [0.05, 0.1) is 0 Å². The first-order valence-electron chi connectivity index (χ1n) is 8.93. The number of carbonyl (C=O) groups excluding carboxylic acids is 1. The number of Topliss-reactive ketones (excluding diaryl/α,β-unsaturated/α-hetero) is 1. The van der Waals surface area contributed by atoms with Crippen molar-refractivity contribution in [1.82, 2.24) is 0 Å². The summed E-state index contributed by atoms with van der Waals surface area (Å²) in [6.45, 7) is 2.20. The monoisotopic (exact) mass is 302 g/mol. The summed E-state index contributed by atoms with van der Waals surface area (Å²) in [6.07, 6.45) is 8.40. The highest BCUT2D eigenvalue weighted by molar-refractivity contribution is 5.91. The van der Waals surface area contributed by atoms with E-state index in [1.54, 1.807) is 5.57 Å². The van der Waals surface area contributed by atoms with Crippen molar-refractivity contribution in [3.05, 3.63) is 58.7 Å². The van der Waals surface area contributed by atoms with E-state index in [0.717, 1.165) is 19.3 Å². The largest absolute Gasteiger partial charge is 0.299 e. The minimum Gasteiger partial charge on any atom is -0.299 e. The molecule has 2 unspecified atom stereocenters. The molecule has 0 N–H and O–H groups in total. The smallest absolute Gasteiger partial charge is 0.138 e. The molecule has 3 aliphatic rings. The van der Waals surface area contributed by atoms with Gasteiger partial charge in [0.15, 0.2) is 0 Å². The molecule has 23 heavy (non-hydrogen) atoms. The fraction of sp³-hybridized carbons (Fsp3) is 0.409. The van der Waals surface area contributed by atoms with Crippen molar-refractivity contribution >= 4 is 16.6 Å². The number of hydrogen-bond acceptors (Lipinski definition) is 1. The van der Waals surface area contributed by atoms with E-state index in [-0.39, 0.29) is 5.41 Å². The zero-order chi connectivity index (χ0) is 15.6. The Kier molecular flexibility index (Phi) is 2.69. The van der Waals surface area contributed by atoms with Gasteiger partial charge in [-0.3, -0.25) is 4.79 Å². The Labute approximate surface area is 137 Å². The van der Waals surface area contributed by atoms with E-state index in [1.165, 1.54) is 40.3 Å². The first-order chi connectivity index (χ1) is 11.2. The second kappa shape index (κ2) is 4.56. The number of carbonyl (C=O) groups is 1. The molecule has 1 fully saturated rings. The Morgan fingerprint density at radius 3 is 2.78 bits per heavy atom. The Bertz CT molecular complexity index is 873. The fourth-order valence-electron chi connectivity index (χ4n) is 5.37. The maximum Gasteiger partial charge on any atom is 0.138 e. The van der Waals surface area contributed by atoms with Gasteiger partial charge >= 0.3 is 0 Å². The highest BCUT2D eigenvalue weighted by Gasteiger charge is 2.51. The van der Waals surface area contributed by atoms with E-state index in [4.69, 9.17) is 0 Å². The van der Waals surface area contributed by atoms with Crippen LogP contribution in [0.25, 0.3) is 10.8 Å². The molecule has 0 aliphatic heterocycles. The molecule has 116 valence electrons. The molecule has 0 radical (unpaired) electrons. The summed E-state index contributed by atoms with van der Waals surface area (Å²) in [7, 11) is 0. The number of rotatable bonds is 1. The predicted molar refractivity (Wildman–Crippen MR) is 93.8 cm³/mol. The Balaban J connectivity index is 1.74. The number of hydrogen-bond donors (Lipinski definition) is 0. The fourth-order valence-corrected chi connectivity index (χ4v) is 5.37. The average molecular weight is 302 g/mol. The van der Waals surface area contributed by atoms with Gasteiger partial charge in [0, 0.05) is 18.3 Å². The van der Waals surface area contributed by atoms with E-state index in [2.05, 4.69) is 43.3 Å². The average Bonchev–Trinajstić information content (AvgIpc) is 3.14. The van der Waals surface area contributed by atoms with Crippen LogP contribution in [0.3, 0.4) is 0 Å². The lowest BCUT2D eigenvalue weighted by Crippen LogP contribution is -2.39. The van der Waals surface area contributed by atoms with Gasteiger partial charge in [-0.25, -0.2) is 0 Å². The lowest BCUT2D eigenvalue weighted by atomic mass is 9.62. The molecule has 0 saturated heterocycles. The van der Waals surface area contributed by atoms with E-state index < -0.39 is 0 Å². The van der Waals surface area contributed by atoms with Gasteiger partial charge in [-0.1, -0.05) is 48.9 Å². The number of allylic oxidation sites excluding steroid dienone is 2. The lowest BCUT2D eigenvalue weighted by Gasteiger charge is -2.41. The third-order valence-corrected chi connectivity index (χ3v) is 6.50. The van der Waals surface area contributed by atoms with Gasteiger partial charge in [0.1, 0.15) is 5.78 Å². The van der Waals surface area contributed by atoms with Crippen LogP contribution in [-0.4, -0.2) is 5.78 Å². The first kappa shape index (κ1) is 13.5. The molecule has 0 amide bonds. The molecule has 1 heteroatoms. The van der Waals surface area contributed by atoms with Crippen LogP contribution in [-0.2, 0) is 23.1 Å². The van der Waals surface area contributed by atoms with Gasteiger partial charge in [0.25, 0.3) is 0 Å². The minimum atomic E-state index is 0.117. The second-order valence-corrected chi connectivity index (χ2v) is 7.77. The molecule has 5 rings (SSSR count). The molecule has 2 aromatic carbocycles. The molecule has 0 heterocycles. The lowest BCUT2D eigenvalue weighted by molar-refractivity contribution is -0.120. The van der Waals surface area contributed by atoms with E-state index >= 15 is 0 Å². The van der Waals surface area contributed by atoms with E-state index in [0.29, 0.717) is 18.1 Å². The zero-order valence-electron chi connectivity index (χ0n) is 13.7. The van der Waals surface area contributed by atoms with Crippen molar-refractivity contribution in [2.75, 3.05) is 0 Å². The molecule has 0 aromatic heterocycles. The zero-order valence-corrected chi connectivity index (χ0v) is 13.7. The summed E-state index contributed by atoms with van der Waals surface area (Å²) in [5.41, 5.74) is 5.88. The van der Waals surface area contributed by atoms with Crippen molar-refractivity contribution in [2.45, 2.75) is 50.9 Å². The Hall–Kier alpha value is -1.89. The van der Waals surface area contributed by atoms with Crippen LogP contribution in [0.2, 0.25) is 0 Å². The molecule has 2 bridgehead atoms. The first-order valence-corrected chi connectivity index (χ1v) is 8.93. The third-order valence-electron chi connectivity index (χ3n) is 6.50. The van der Waals surface area contributed by atoms with Gasteiger partial charge < -0.3 is 0 Å². The van der Waals surface area contributed by atoms with E-state index in [9.17, 15) is 4.79 Å². The highest BCUT2D eigenvalue weighted by atomic mass is 16.1. The topological polar surface area (TPSA) is 17.1 Å². The van der Waals surface area contributed by atoms with Gasteiger partial charge in [-0.05, 0) is 59.1 Å². The van der Waals surface area contributed by atoms with Crippen molar-refractivity contribution < 1.29 is 4.79 Å². The molecular weight excluding hydrogens is 280 g/mol. The van der Waals surface area contributed by atoms with E-state index in [1.807, 2.05) is 0 Å². The maximum absolute atomic E-state index is 12.5. The quantitative estimate of drug-likeness (QED) is 0.685. The van der Waals surface area contributed by atoms with Crippen LogP contribution in [0.1, 0.15) is 49.3 Å². The maximum atomic E-state index is 12.5. The van der Waals surface area contributed by atoms with Crippen LogP contribution in [0.5, 0.6) is 0 Å². The van der Waals surface area contributed by atoms with Crippen molar-refractivity contribution in [3.8, 4) is 0 Å². The van der Waals surface area contributed by atoms with Crippen LogP contribution >= 0.6 is 0 Å². The number of aryl methyl sites for hydroxylation is 1. The molecule has 1 spiro atoms. The molecule has 2 aromatic rings. The van der Waals surface area contributed by atoms with Gasteiger partial charge in [-0.15, -0.1) is 0 Å². The standard InChI is InChI=1S/C22H22O/c1-2-14-3-5-16-11-21-18(9-17(16)7-14)10-20(23)13-22(21)12-15-4-6-19(22)8-15/h3-5,7,9,11,19H,2,6,8,10,12-13H2,1H3. The number of fused-ring (bicyclic) bond motifs is 6. The SMILES string of the molecule is CCc1ccc2cc3c(cc2c1)CC(=O)CC31CC2=CCC1C2. The number of benzene rings is 2. The van der Waals surface area contributed by atoms with Crippen LogP contribution in [0.15, 0.2) is 42.0 Å². The third kappa shape index (κ3) is 1.83. The summed E-state index contributed by atoms with van der Waals surface area (Å²) < 4.78 is 0. The molecule has 2 atom stereocenters. The van der Waals surface area contributed by atoms with Crippen molar-refractivity contribution in [2.24, 2.45) is 5.92 Å². The van der Waals surface area contributed by atoms with Crippen LogP contribution in [0, 0.1) is 5.92 Å². The summed E-state index contributed by atoms with van der Waals surface area (Å²) in [6, 6.07) is 11.5. The molecule has 1 saturated carbocycles. The Morgan fingerprint density at radius 2 is 2.04 bits per heavy atom. The number of ketones is 1. The highest BCUT2D eigenvalue weighted by Crippen LogP contribution is 2.58. The summed E-state index contributed by atoms with van der Waals surface area (Å²) in [5.74, 6) is 1.10. The van der Waals surface area contributed by atoms with Crippen molar-refractivity contribution in [3.63, 3.8) is 0 Å². The molecule has 1 nitrogen and oxygen atoms in total. The summed E-state index contributed by atoms with van der Waals surface area (Å²) in [4.78, 5) is 12.5. The molecular formula is C22H22O. The normalized spacial score (nSPS) is 28.5. The molecule has 3 aliphatic carbocycles.